The summed E-state index contributed by atoms with van der Waals surface area (Å²) in [5, 5.41) is 26.8. The Morgan fingerprint density at radius 3 is 2.38 bits per heavy atom. The molecule has 1 heterocycles. The number of methoxy groups -OCH3 is 1. The van der Waals surface area contributed by atoms with E-state index < -0.39 is 22.8 Å². The van der Waals surface area contributed by atoms with Gasteiger partial charge in [-0.3, -0.25) is 14.9 Å². The lowest BCUT2D eigenvalue weighted by molar-refractivity contribution is -0.384. The van der Waals surface area contributed by atoms with E-state index in [4.69, 9.17) is 9.47 Å². The molecule has 1 aliphatic rings. The number of allylic oxidation sites excluding steroid dienone is 2. The van der Waals surface area contributed by atoms with Crippen LogP contribution in [0.2, 0.25) is 0 Å². The number of aliphatic carboxylic acids is 1. The van der Waals surface area contributed by atoms with Crippen molar-refractivity contribution in [3.05, 3.63) is 86.7 Å². The number of carboxylic acid groups (broad SMARTS) is 1. The van der Waals surface area contributed by atoms with E-state index in [-0.39, 0.29) is 47.8 Å². The van der Waals surface area contributed by atoms with Crippen molar-refractivity contribution in [2.24, 2.45) is 0 Å². The summed E-state index contributed by atoms with van der Waals surface area (Å²) in [5.74, 6) is -2.73. The fourth-order valence-corrected chi connectivity index (χ4v) is 4.07. The Kier molecular flexibility index (Phi) is 8.62. The third-order valence-corrected chi connectivity index (χ3v) is 5.78. The van der Waals surface area contributed by atoms with Crippen molar-refractivity contribution in [1.82, 2.24) is 5.32 Å². The van der Waals surface area contributed by atoms with Crippen molar-refractivity contribution >= 4 is 29.2 Å². The average molecular weight is 510 g/mol. The predicted molar refractivity (Wildman–Crippen MR) is 134 cm³/mol. The molecule has 3 N–H and O–H groups in total. The standard InChI is InChI=1S/C26H27N3O8/c1-15-22(25(31)32)24(17-6-4-7-19(14-17)29(34)35)23(16(2)27-15)26(33)37-13-5-8-21(30)28-18-9-11-20(36-3)12-10-18/h4,6-7,9-12,14,24,27H,5,8,13H2,1-3H3,(H,28,30)(H,31,32). The fraction of sp³-hybridized carbons (Fsp3) is 0.269. The number of nitro groups is 1. The van der Waals surface area contributed by atoms with E-state index in [1.807, 2.05) is 0 Å². The smallest absolute Gasteiger partial charge is 0.336 e. The third kappa shape index (κ3) is 6.51. The lowest BCUT2D eigenvalue weighted by atomic mass is 9.80. The van der Waals surface area contributed by atoms with Gasteiger partial charge in [-0.25, -0.2) is 9.59 Å². The van der Waals surface area contributed by atoms with Crippen LogP contribution in [0, 0.1) is 10.1 Å². The number of nitrogens with one attached hydrogen (secondary N) is 2. The zero-order chi connectivity index (χ0) is 27.1. The molecule has 0 aromatic heterocycles. The van der Waals surface area contributed by atoms with Gasteiger partial charge in [-0.15, -0.1) is 0 Å². The van der Waals surface area contributed by atoms with E-state index in [1.54, 1.807) is 45.2 Å². The number of esters is 1. The molecule has 1 unspecified atom stereocenters. The average Bonchev–Trinajstić information content (AvgIpc) is 2.86. The van der Waals surface area contributed by atoms with Gasteiger partial charge in [0.25, 0.3) is 5.69 Å². The van der Waals surface area contributed by atoms with E-state index in [2.05, 4.69) is 10.6 Å². The van der Waals surface area contributed by atoms with Gasteiger partial charge in [-0.05, 0) is 50.1 Å². The van der Waals surface area contributed by atoms with E-state index in [1.165, 1.54) is 24.3 Å². The molecule has 0 aliphatic carbocycles. The minimum atomic E-state index is -1.27. The van der Waals surface area contributed by atoms with Crippen molar-refractivity contribution < 1.29 is 33.9 Å². The first-order chi connectivity index (χ1) is 17.6. The van der Waals surface area contributed by atoms with Gasteiger partial charge in [0.2, 0.25) is 5.91 Å². The largest absolute Gasteiger partial charge is 0.497 e. The number of benzene rings is 2. The van der Waals surface area contributed by atoms with Gasteiger partial charge in [0, 0.05) is 35.6 Å². The van der Waals surface area contributed by atoms with Crippen LogP contribution in [0.5, 0.6) is 5.75 Å². The van der Waals surface area contributed by atoms with Crippen LogP contribution >= 0.6 is 0 Å². The van der Waals surface area contributed by atoms with Crippen molar-refractivity contribution in [2.75, 3.05) is 19.0 Å². The highest BCUT2D eigenvalue weighted by atomic mass is 16.6. The van der Waals surface area contributed by atoms with E-state index in [9.17, 15) is 29.6 Å². The maximum absolute atomic E-state index is 13.1. The molecule has 3 rings (SSSR count). The van der Waals surface area contributed by atoms with Gasteiger partial charge in [0.05, 0.1) is 35.7 Å². The summed E-state index contributed by atoms with van der Waals surface area (Å²) in [6, 6.07) is 12.3. The zero-order valence-electron chi connectivity index (χ0n) is 20.6. The first kappa shape index (κ1) is 26.9. The van der Waals surface area contributed by atoms with Crippen LogP contribution in [-0.2, 0) is 19.1 Å². The Hall–Kier alpha value is -4.67. The molecule has 0 fully saturated rings. The minimum absolute atomic E-state index is 0.0335. The Balaban J connectivity index is 1.70. The number of carbonyl (C=O) groups excluding carboxylic acids is 2. The number of carbonyl (C=O) groups is 3. The van der Waals surface area contributed by atoms with E-state index in [0.29, 0.717) is 22.8 Å². The molecule has 37 heavy (non-hydrogen) atoms. The van der Waals surface area contributed by atoms with Crippen molar-refractivity contribution in [2.45, 2.75) is 32.6 Å². The van der Waals surface area contributed by atoms with Crippen LogP contribution in [0.15, 0.2) is 71.1 Å². The summed E-state index contributed by atoms with van der Waals surface area (Å²) in [6.07, 6.45) is 0.318. The number of rotatable bonds is 10. The topological polar surface area (TPSA) is 157 Å². The molecule has 194 valence electrons. The van der Waals surface area contributed by atoms with Gasteiger partial charge in [-0.2, -0.15) is 0 Å². The highest BCUT2D eigenvalue weighted by Gasteiger charge is 2.37. The first-order valence-corrected chi connectivity index (χ1v) is 11.4. The monoisotopic (exact) mass is 509 g/mol. The number of nitro benzene ring substituents is 1. The summed E-state index contributed by atoms with van der Waals surface area (Å²) in [4.78, 5) is 48.1. The van der Waals surface area contributed by atoms with Crippen LogP contribution in [0.3, 0.4) is 0 Å². The van der Waals surface area contributed by atoms with Crippen molar-refractivity contribution in [3.8, 4) is 5.75 Å². The molecule has 2 aromatic carbocycles. The summed E-state index contributed by atoms with van der Waals surface area (Å²) in [5.41, 5.74) is 1.25. The van der Waals surface area contributed by atoms with Gasteiger partial charge < -0.3 is 25.2 Å². The van der Waals surface area contributed by atoms with Crippen LogP contribution in [0.25, 0.3) is 0 Å². The number of ether oxygens (including phenoxy) is 2. The molecule has 11 heteroatoms. The van der Waals surface area contributed by atoms with Crippen LogP contribution in [0.1, 0.15) is 38.2 Å². The van der Waals surface area contributed by atoms with Gasteiger partial charge in [0.1, 0.15) is 5.75 Å². The Morgan fingerprint density at radius 2 is 1.76 bits per heavy atom. The second kappa shape index (κ2) is 11.8. The first-order valence-electron chi connectivity index (χ1n) is 11.4. The molecule has 11 nitrogen and oxygen atoms in total. The summed E-state index contributed by atoms with van der Waals surface area (Å²) in [6.45, 7) is 3.07. The quantitative estimate of drug-likeness (QED) is 0.187. The SMILES string of the molecule is COc1ccc(NC(=O)CCCOC(=O)C2=C(C)NC(C)=C(C(=O)O)C2c2cccc([N+](=O)[O-])c2)cc1. The number of carboxylic acids is 1. The van der Waals surface area contributed by atoms with Gasteiger partial charge >= 0.3 is 11.9 Å². The lowest BCUT2D eigenvalue weighted by Crippen LogP contribution is -2.32. The van der Waals surface area contributed by atoms with Crippen molar-refractivity contribution in [1.29, 1.82) is 0 Å². The molecule has 0 radical (unpaired) electrons. The van der Waals surface area contributed by atoms with E-state index in [0.717, 1.165) is 0 Å². The van der Waals surface area contributed by atoms with Crippen LogP contribution < -0.4 is 15.4 Å². The second-order valence-electron chi connectivity index (χ2n) is 8.31. The fourth-order valence-electron chi connectivity index (χ4n) is 4.07. The number of dihydropyridines is 1. The highest BCUT2D eigenvalue weighted by molar-refractivity contribution is 5.99. The summed E-state index contributed by atoms with van der Waals surface area (Å²) < 4.78 is 10.5. The molecular formula is C26H27N3O8. The summed E-state index contributed by atoms with van der Waals surface area (Å²) >= 11 is 0. The number of hydrogen-bond donors (Lipinski definition) is 3. The molecule has 1 aliphatic heterocycles. The molecule has 0 spiro atoms. The number of hydrogen-bond acceptors (Lipinski definition) is 8. The van der Waals surface area contributed by atoms with Crippen molar-refractivity contribution in [3.63, 3.8) is 0 Å². The lowest BCUT2D eigenvalue weighted by Gasteiger charge is -2.29. The zero-order valence-corrected chi connectivity index (χ0v) is 20.6. The number of anilines is 1. The molecule has 0 saturated heterocycles. The normalized spacial score (nSPS) is 15.1. The summed E-state index contributed by atoms with van der Waals surface area (Å²) in [7, 11) is 1.54. The second-order valence-corrected chi connectivity index (χ2v) is 8.31. The molecule has 2 aromatic rings. The Morgan fingerprint density at radius 1 is 1.08 bits per heavy atom. The maximum Gasteiger partial charge on any atom is 0.336 e. The highest BCUT2D eigenvalue weighted by Crippen LogP contribution is 2.39. The molecule has 0 bridgehead atoms. The molecule has 0 saturated carbocycles. The minimum Gasteiger partial charge on any atom is -0.497 e. The number of nitrogens with zero attached hydrogens (tertiary/aromatic N) is 1. The van der Waals surface area contributed by atoms with E-state index >= 15 is 0 Å². The van der Waals surface area contributed by atoms with Gasteiger partial charge in [0.15, 0.2) is 0 Å². The van der Waals surface area contributed by atoms with Crippen LogP contribution in [-0.4, -0.2) is 41.6 Å². The van der Waals surface area contributed by atoms with Crippen LogP contribution in [0.4, 0.5) is 11.4 Å². The van der Waals surface area contributed by atoms with Gasteiger partial charge in [-0.1, -0.05) is 12.1 Å². The third-order valence-electron chi connectivity index (χ3n) is 5.78. The maximum atomic E-state index is 13.1. The Bertz CT molecular complexity index is 1280. The predicted octanol–water partition coefficient (Wildman–Crippen LogP) is 3.88. The molecule has 1 atom stereocenters. The molecular weight excluding hydrogens is 482 g/mol. The molecule has 1 amide bonds. The number of amides is 1. The number of non-ortho nitro benzene ring substituents is 1. The Labute approximate surface area is 212 Å².